The van der Waals surface area contributed by atoms with Gasteiger partial charge >= 0.3 is 58.2 Å². The first-order valence-corrected chi connectivity index (χ1v) is 0. The Morgan fingerprint density at radius 3 is 0.600 bits per heavy atom. The van der Waals surface area contributed by atoms with Gasteiger partial charge in [0.05, 0.1) is 0 Å². The zero-order chi connectivity index (χ0) is 0. The molecule has 0 aliphatic heterocycles. The number of hydrogen-bond donors (Lipinski definition) is 0. The van der Waals surface area contributed by atoms with Crippen molar-refractivity contribution < 1.29 is 57.3 Å². The third-order valence-corrected chi connectivity index (χ3v) is 0. The molecule has 5 heteroatoms. The Hall–Kier alpha value is 1.76. The van der Waals surface area contributed by atoms with Crippen molar-refractivity contribution in [1.29, 1.82) is 0 Å². The van der Waals surface area contributed by atoms with E-state index in [2.05, 4.69) is 0 Å². The Labute approximate surface area is 73.7 Å². The van der Waals surface area contributed by atoms with Crippen LogP contribution in [-0.2, 0) is 16.4 Å². The molecule has 0 heterocycles. The summed E-state index contributed by atoms with van der Waals surface area (Å²) in [6.07, 6.45) is 0. The van der Waals surface area contributed by atoms with Crippen molar-refractivity contribution in [2.45, 2.75) is 0 Å². The third kappa shape index (κ3) is 26.3. The molecule has 0 rings (SSSR count). The molecule has 5 heavy (non-hydrogen) atoms. The Bertz CT molecular complexity index is 6.85. The molecule has 0 aliphatic rings. The van der Waals surface area contributed by atoms with E-state index in [4.69, 9.17) is 0 Å². The second kappa shape index (κ2) is 42.1. The standard InChI is InChI=1S/Al.Nd.3O/q2*+3;3*-2. The summed E-state index contributed by atoms with van der Waals surface area (Å²) in [6, 6.07) is 0. The third-order valence-electron chi connectivity index (χ3n) is 0. The second-order valence-electron chi connectivity index (χ2n) is 0. The van der Waals surface area contributed by atoms with Crippen molar-refractivity contribution in [3.05, 3.63) is 0 Å². The van der Waals surface area contributed by atoms with E-state index < -0.39 is 0 Å². The molecule has 0 saturated heterocycles. The van der Waals surface area contributed by atoms with Crippen LogP contribution in [0.25, 0.3) is 0 Å². The van der Waals surface area contributed by atoms with Gasteiger partial charge in [-0.15, -0.1) is 0 Å². The van der Waals surface area contributed by atoms with Gasteiger partial charge < -0.3 is 16.4 Å². The normalized spacial score (nSPS) is 0. The van der Waals surface area contributed by atoms with Gasteiger partial charge in [0, 0.05) is 0 Å². The summed E-state index contributed by atoms with van der Waals surface area (Å²) in [4.78, 5) is 0. The van der Waals surface area contributed by atoms with Crippen LogP contribution in [0, 0.1) is 40.8 Å². The van der Waals surface area contributed by atoms with Gasteiger partial charge in [0.2, 0.25) is 0 Å². The first kappa shape index (κ1) is 72.3. The zero-order valence-electron chi connectivity index (χ0n) is 2.30. The molecule has 0 bridgehead atoms. The average molecular weight is 219 g/mol. The van der Waals surface area contributed by atoms with Gasteiger partial charge in [0.25, 0.3) is 0 Å². The molecule has 0 aromatic rings. The Morgan fingerprint density at radius 1 is 0.600 bits per heavy atom. The van der Waals surface area contributed by atoms with Crippen molar-refractivity contribution >= 4 is 17.4 Å². The monoisotopic (exact) mass is 217 g/mol. The van der Waals surface area contributed by atoms with Crippen LogP contribution in [0.4, 0.5) is 0 Å². The van der Waals surface area contributed by atoms with Crippen molar-refractivity contribution in [2.75, 3.05) is 0 Å². The summed E-state index contributed by atoms with van der Waals surface area (Å²) in [6.45, 7) is 0. The van der Waals surface area contributed by atoms with Gasteiger partial charge in [0.1, 0.15) is 0 Å². The minimum absolute atomic E-state index is 0. The maximum Gasteiger partial charge on any atom is 3.00 e. The largest absolute Gasteiger partial charge is 3.00 e. The molecule has 3 nitrogen and oxygen atoms in total. The molecular weight excluding hydrogens is 219 g/mol. The molecule has 1 radical (unpaired) electrons. The van der Waals surface area contributed by atoms with Crippen LogP contribution >= 0.6 is 0 Å². The summed E-state index contributed by atoms with van der Waals surface area (Å²) in [5.41, 5.74) is 0. The van der Waals surface area contributed by atoms with Crippen LogP contribution in [0.2, 0.25) is 0 Å². The minimum Gasteiger partial charge on any atom is -2.00 e. The number of rotatable bonds is 0. The molecule has 0 unspecified atom stereocenters. The molecule has 0 aliphatic carbocycles. The minimum atomic E-state index is 0. The maximum absolute atomic E-state index is 0. The quantitative estimate of drug-likeness (QED) is 0.481. The van der Waals surface area contributed by atoms with Crippen LogP contribution in [0.3, 0.4) is 0 Å². The van der Waals surface area contributed by atoms with Gasteiger partial charge in [-0.25, -0.2) is 0 Å². The molecule has 0 N–H and O–H groups in total. The average Bonchev–Trinajstić information content (AvgIpc) is 0. The van der Waals surface area contributed by atoms with Gasteiger partial charge in [0.15, 0.2) is 0 Å². The van der Waals surface area contributed by atoms with Gasteiger partial charge in [-0.05, 0) is 0 Å². The second-order valence-corrected chi connectivity index (χ2v) is 0. The van der Waals surface area contributed by atoms with E-state index in [1.165, 1.54) is 0 Å². The molecule has 25 valence electrons. The van der Waals surface area contributed by atoms with E-state index in [9.17, 15) is 0 Å². The molecule has 0 aromatic carbocycles. The summed E-state index contributed by atoms with van der Waals surface area (Å²) < 4.78 is 0. The summed E-state index contributed by atoms with van der Waals surface area (Å²) in [7, 11) is 0. The van der Waals surface area contributed by atoms with Crippen LogP contribution < -0.4 is 0 Å². The molecule has 0 atom stereocenters. The molecule has 0 aromatic heterocycles. The Kier molecular flexibility index (Phi) is 608. The first-order valence-electron chi connectivity index (χ1n) is 0. The Balaban J connectivity index is 0. The van der Waals surface area contributed by atoms with Gasteiger partial charge in [-0.3, -0.25) is 0 Å². The van der Waals surface area contributed by atoms with Crippen LogP contribution in [0.1, 0.15) is 0 Å². The maximum atomic E-state index is 0. The fraction of sp³-hybridized carbons (Fsp3) is 0. The zero-order valence-corrected chi connectivity index (χ0v) is 6.66. The van der Waals surface area contributed by atoms with Gasteiger partial charge in [-0.1, -0.05) is 0 Å². The fourth-order valence-electron chi connectivity index (χ4n) is 0. The number of hydrogen-bond acceptors (Lipinski definition) is 0. The van der Waals surface area contributed by atoms with Crippen LogP contribution in [0.5, 0.6) is 0 Å². The van der Waals surface area contributed by atoms with Crippen LogP contribution in [0.15, 0.2) is 0 Å². The Morgan fingerprint density at radius 2 is 0.600 bits per heavy atom. The van der Waals surface area contributed by atoms with E-state index in [-0.39, 0.29) is 74.6 Å². The fourth-order valence-corrected chi connectivity index (χ4v) is 0. The van der Waals surface area contributed by atoms with Crippen molar-refractivity contribution in [1.82, 2.24) is 0 Å². The van der Waals surface area contributed by atoms with E-state index in [1.807, 2.05) is 0 Å². The van der Waals surface area contributed by atoms with Crippen LogP contribution in [-0.4, -0.2) is 17.4 Å². The summed E-state index contributed by atoms with van der Waals surface area (Å²) >= 11 is 0. The van der Waals surface area contributed by atoms with E-state index in [0.29, 0.717) is 0 Å². The molecule has 0 spiro atoms. The summed E-state index contributed by atoms with van der Waals surface area (Å²) in [5, 5.41) is 0. The van der Waals surface area contributed by atoms with E-state index in [1.54, 1.807) is 0 Å². The topological polar surface area (TPSA) is 85.5 Å². The summed E-state index contributed by atoms with van der Waals surface area (Å²) in [5.74, 6) is 0. The molecule has 0 amide bonds. The molecular formula is AlNdO3. The first-order chi connectivity index (χ1) is 0. The van der Waals surface area contributed by atoms with Crippen molar-refractivity contribution in [2.24, 2.45) is 0 Å². The van der Waals surface area contributed by atoms with Crippen molar-refractivity contribution in [3.63, 3.8) is 0 Å². The van der Waals surface area contributed by atoms with E-state index >= 15 is 0 Å². The van der Waals surface area contributed by atoms with Crippen molar-refractivity contribution in [3.8, 4) is 0 Å². The molecule has 0 fully saturated rings. The van der Waals surface area contributed by atoms with E-state index in [0.717, 1.165) is 0 Å². The predicted molar refractivity (Wildman–Crippen MR) is 7.81 cm³/mol. The SMILES string of the molecule is [Al+3].[Nd+3].[O-2].[O-2].[O-2]. The molecule has 0 saturated carbocycles. The van der Waals surface area contributed by atoms with Gasteiger partial charge in [-0.2, -0.15) is 0 Å². The predicted octanol–water partition coefficient (Wildman–Crippen LogP) is -0.737. The smallest absolute Gasteiger partial charge is 2.00 e.